The summed E-state index contributed by atoms with van der Waals surface area (Å²) in [6, 6.07) is 0. The Kier molecular flexibility index (Phi) is 5.69. The molecule has 0 unspecified atom stereocenters. The van der Waals surface area contributed by atoms with E-state index in [4.69, 9.17) is 20.3 Å². The van der Waals surface area contributed by atoms with E-state index in [1.807, 2.05) is 6.08 Å². The van der Waals surface area contributed by atoms with Gasteiger partial charge in [-0.2, -0.15) is 0 Å². The third-order valence-electron chi connectivity index (χ3n) is 2.90. The lowest BCUT2D eigenvalue weighted by molar-refractivity contribution is -0.107. The van der Waals surface area contributed by atoms with Gasteiger partial charge >= 0.3 is 7.12 Å². The van der Waals surface area contributed by atoms with Crippen LogP contribution in [-0.4, -0.2) is 38.6 Å². The molecule has 94 valence electrons. The van der Waals surface area contributed by atoms with Gasteiger partial charge in [0.25, 0.3) is 0 Å². The van der Waals surface area contributed by atoms with E-state index >= 15 is 0 Å². The van der Waals surface area contributed by atoms with Gasteiger partial charge in [-0.25, -0.2) is 0 Å². The highest BCUT2D eigenvalue weighted by molar-refractivity contribution is 6.50. The fourth-order valence-corrected chi connectivity index (χ4v) is 0.930. The van der Waals surface area contributed by atoms with Crippen LogP contribution in [0.5, 0.6) is 0 Å². The second-order valence-corrected chi connectivity index (χ2v) is 5.16. The van der Waals surface area contributed by atoms with Crippen molar-refractivity contribution in [3.8, 4) is 0 Å². The predicted octanol–water partition coefficient (Wildman–Crippen LogP) is 0.637. The smallest absolute Gasteiger partial charge is 0.423 e. The minimum Gasteiger partial charge on any atom is -0.423 e. The molecule has 4 nitrogen and oxygen atoms in total. The Morgan fingerprint density at radius 2 is 1.50 bits per heavy atom. The Labute approximate surface area is 97.8 Å². The summed E-state index contributed by atoms with van der Waals surface area (Å²) in [6.45, 7) is 6.31. The van der Waals surface area contributed by atoms with Crippen LogP contribution in [0.15, 0.2) is 11.5 Å². The molecule has 0 aromatic carbocycles. The first-order valence-electron chi connectivity index (χ1n) is 5.55. The van der Waals surface area contributed by atoms with Crippen LogP contribution in [0.4, 0.5) is 0 Å². The summed E-state index contributed by atoms with van der Waals surface area (Å²) in [7, 11) is -1.20. The van der Waals surface area contributed by atoms with Crippen molar-refractivity contribution < 1.29 is 20.3 Å². The van der Waals surface area contributed by atoms with Crippen LogP contribution in [0.2, 0.25) is 0 Å². The minimum absolute atomic E-state index is 0.782. The molecular weight excluding hydrogens is 207 g/mol. The molecule has 0 atom stereocenters. The molecule has 0 aromatic rings. The second kappa shape index (κ2) is 5.82. The molecule has 0 spiro atoms. The largest absolute Gasteiger partial charge is 0.483 e. The highest BCUT2D eigenvalue weighted by atomic mass is 16.4. The number of rotatable bonds is 2. The van der Waals surface area contributed by atoms with Gasteiger partial charge in [-0.1, -0.05) is 6.08 Å². The van der Waals surface area contributed by atoms with E-state index < -0.39 is 18.3 Å². The van der Waals surface area contributed by atoms with E-state index in [0.29, 0.717) is 0 Å². The first-order chi connectivity index (χ1) is 7.05. The van der Waals surface area contributed by atoms with Gasteiger partial charge in [-0.05, 0) is 52.4 Å². The number of hydrogen-bond acceptors (Lipinski definition) is 4. The molecule has 4 N–H and O–H groups in total. The van der Waals surface area contributed by atoms with E-state index in [-0.39, 0.29) is 0 Å². The van der Waals surface area contributed by atoms with Crippen LogP contribution in [0.3, 0.4) is 0 Å². The molecule has 1 aliphatic carbocycles. The normalized spacial score (nSPS) is 16.4. The van der Waals surface area contributed by atoms with Gasteiger partial charge < -0.3 is 20.3 Å². The van der Waals surface area contributed by atoms with Crippen molar-refractivity contribution in [2.24, 2.45) is 0 Å². The lowest BCUT2D eigenvalue weighted by atomic mass is 9.79. The monoisotopic (exact) mass is 230 g/mol. The Morgan fingerprint density at radius 1 is 1.06 bits per heavy atom. The molecule has 0 radical (unpaired) electrons. The molecule has 1 aliphatic rings. The summed E-state index contributed by atoms with van der Waals surface area (Å²) in [5, 5.41) is 35.3. The molecule has 0 bridgehead atoms. The second-order valence-electron chi connectivity index (χ2n) is 5.16. The zero-order valence-corrected chi connectivity index (χ0v) is 10.6. The zero-order chi connectivity index (χ0) is 13.0. The quantitative estimate of drug-likeness (QED) is 0.525. The van der Waals surface area contributed by atoms with Crippen molar-refractivity contribution in [3.05, 3.63) is 11.5 Å². The third kappa shape index (κ3) is 5.65. The topological polar surface area (TPSA) is 80.9 Å². The number of hydrogen-bond donors (Lipinski definition) is 4. The number of aliphatic hydroxyl groups is 2. The Hall–Kier alpha value is -0.355. The van der Waals surface area contributed by atoms with Crippen LogP contribution < -0.4 is 0 Å². The Morgan fingerprint density at radius 3 is 1.62 bits per heavy atom. The maximum Gasteiger partial charge on any atom is 0.483 e. The molecule has 0 saturated heterocycles. The van der Waals surface area contributed by atoms with Gasteiger partial charge in [-0.3, -0.25) is 0 Å². The zero-order valence-electron chi connectivity index (χ0n) is 10.6. The summed E-state index contributed by atoms with van der Waals surface area (Å²) in [4.78, 5) is 0. The average molecular weight is 230 g/mol. The van der Waals surface area contributed by atoms with Crippen LogP contribution >= 0.6 is 0 Å². The van der Waals surface area contributed by atoms with E-state index in [2.05, 4.69) is 0 Å². The molecular formula is C11H23BO4. The summed E-state index contributed by atoms with van der Waals surface area (Å²) in [6.07, 6.45) is 4.84. The van der Waals surface area contributed by atoms with Crippen molar-refractivity contribution in [2.45, 2.75) is 58.2 Å². The van der Waals surface area contributed by atoms with E-state index in [1.54, 1.807) is 27.7 Å². The van der Waals surface area contributed by atoms with Gasteiger partial charge in [0.1, 0.15) is 0 Å². The molecule has 0 aromatic heterocycles. The molecule has 16 heavy (non-hydrogen) atoms. The van der Waals surface area contributed by atoms with Crippen LogP contribution in [0, 0.1) is 0 Å². The standard InChI is InChI=1S/C6H14O2.C5H9BO2/c1-5(2,7)6(3,4)8;7-6(8)5-3-1-2-4-5/h7-8H,1-4H3;3,7-8H,1-2,4H2. The van der Waals surface area contributed by atoms with Gasteiger partial charge in [0.15, 0.2) is 0 Å². The van der Waals surface area contributed by atoms with Crippen LogP contribution in [0.25, 0.3) is 0 Å². The van der Waals surface area contributed by atoms with Crippen molar-refractivity contribution >= 4 is 7.12 Å². The molecule has 5 heteroatoms. The van der Waals surface area contributed by atoms with Gasteiger partial charge in [-0.15, -0.1) is 0 Å². The Balaban J connectivity index is 0.000000281. The molecule has 1 rings (SSSR count). The highest BCUT2D eigenvalue weighted by Gasteiger charge is 2.31. The third-order valence-corrected chi connectivity index (χ3v) is 2.90. The predicted molar refractivity (Wildman–Crippen MR) is 64.7 cm³/mol. The SMILES string of the molecule is CC(C)(O)C(C)(C)O.OB(O)C1=CCCC1. The van der Waals surface area contributed by atoms with Crippen molar-refractivity contribution in [2.75, 3.05) is 0 Å². The first-order valence-corrected chi connectivity index (χ1v) is 5.55. The van der Waals surface area contributed by atoms with E-state index in [0.717, 1.165) is 24.7 Å². The summed E-state index contributed by atoms with van der Waals surface area (Å²) < 4.78 is 0. The lowest BCUT2D eigenvalue weighted by Crippen LogP contribution is -2.44. The Bertz CT molecular complexity index is 223. The van der Waals surface area contributed by atoms with Gasteiger partial charge in [0.2, 0.25) is 0 Å². The maximum atomic E-state index is 9.10. The lowest BCUT2D eigenvalue weighted by Gasteiger charge is -2.31. The maximum absolute atomic E-state index is 9.10. The fourth-order valence-electron chi connectivity index (χ4n) is 0.930. The average Bonchev–Trinajstić information content (AvgIpc) is 2.51. The molecule has 0 amide bonds. The van der Waals surface area contributed by atoms with Crippen LogP contribution in [-0.2, 0) is 0 Å². The fraction of sp³-hybridized carbons (Fsp3) is 0.818. The van der Waals surface area contributed by atoms with E-state index in [1.165, 1.54) is 0 Å². The van der Waals surface area contributed by atoms with Crippen molar-refractivity contribution in [3.63, 3.8) is 0 Å². The minimum atomic E-state index is -1.20. The van der Waals surface area contributed by atoms with Crippen LogP contribution in [0.1, 0.15) is 47.0 Å². The first kappa shape index (κ1) is 15.6. The molecule has 0 aliphatic heterocycles. The van der Waals surface area contributed by atoms with Gasteiger partial charge in [0.05, 0.1) is 11.2 Å². The highest BCUT2D eigenvalue weighted by Crippen LogP contribution is 2.19. The molecule has 0 fully saturated rings. The van der Waals surface area contributed by atoms with E-state index in [9.17, 15) is 0 Å². The summed E-state index contributed by atoms with van der Waals surface area (Å²) in [5.41, 5.74) is -1.23. The summed E-state index contributed by atoms with van der Waals surface area (Å²) in [5.74, 6) is 0. The summed E-state index contributed by atoms with van der Waals surface area (Å²) >= 11 is 0. The molecule has 0 heterocycles. The van der Waals surface area contributed by atoms with Crippen molar-refractivity contribution in [1.82, 2.24) is 0 Å². The number of allylic oxidation sites excluding steroid dienone is 2. The van der Waals surface area contributed by atoms with Gasteiger partial charge in [0, 0.05) is 0 Å². The van der Waals surface area contributed by atoms with Crippen molar-refractivity contribution in [1.29, 1.82) is 0 Å². The molecule has 0 saturated carbocycles.